The summed E-state index contributed by atoms with van der Waals surface area (Å²) in [4.78, 5) is 54.4. The van der Waals surface area contributed by atoms with Crippen LogP contribution in [0.5, 0.6) is 5.75 Å². The Kier molecular flexibility index (Phi) is 8.68. The molecule has 1 unspecified atom stereocenters. The molecule has 0 fully saturated rings. The number of cyclic esters (lactones) is 1. The van der Waals surface area contributed by atoms with Crippen LogP contribution in [0, 0.1) is 12.8 Å². The van der Waals surface area contributed by atoms with Gasteiger partial charge in [0, 0.05) is 6.08 Å². The second-order valence-electron chi connectivity index (χ2n) is 5.06. The Morgan fingerprint density at radius 3 is 2.08 bits per heavy atom. The van der Waals surface area contributed by atoms with E-state index in [0.717, 1.165) is 19.1 Å². The third-order valence-electron chi connectivity index (χ3n) is 2.92. The van der Waals surface area contributed by atoms with E-state index in [-0.39, 0.29) is 41.1 Å². The summed E-state index contributed by atoms with van der Waals surface area (Å²) in [5.41, 5.74) is -1.26. The zero-order chi connectivity index (χ0) is 18.6. The van der Waals surface area contributed by atoms with Crippen LogP contribution in [0.3, 0.4) is 0 Å². The Morgan fingerprint density at radius 1 is 1.12 bits per heavy atom. The molecule has 1 aliphatic heterocycles. The molecule has 8 nitrogen and oxygen atoms in total. The van der Waals surface area contributed by atoms with Crippen molar-refractivity contribution in [1.29, 1.82) is 0 Å². The molecule has 1 atom stereocenters. The van der Waals surface area contributed by atoms with Gasteiger partial charge in [0.2, 0.25) is 0 Å². The second kappa shape index (κ2) is 9.45. The van der Waals surface area contributed by atoms with Crippen molar-refractivity contribution < 1.29 is 63.0 Å². The van der Waals surface area contributed by atoms with Gasteiger partial charge in [-0.3, -0.25) is 19.2 Å². The van der Waals surface area contributed by atoms with Gasteiger partial charge >= 0.3 is 41.2 Å². The summed E-state index contributed by atoms with van der Waals surface area (Å²) in [5.74, 6) is -3.66. The number of carbonyl (C=O) groups excluding carboxylic acids is 4. The molecule has 0 aromatic carbocycles. The van der Waals surface area contributed by atoms with E-state index in [1.807, 2.05) is 0 Å². The van der Waals surface area contributed by atoms with E-state index in [0.29, 0.717) is 0 Å². The van der Waals surface area contributed by atoms with Crippen LogP contribution in [-0.4, -0.2) is 23.3 Å². The molecule has 2 rings (SSSR count). The minimum Gasteiger partial charge on any atom is -0.872 e. The van der Waals surface area contributed by atoms with E-state index in [4.69, 9.17) is 0 Å². The van der Waals surface area contributed by atoms with E-state index >= 15 is 0 Å². The summed E-state index contributed by atoms with van der Waals surface area (Å²) in [5, 5.41) is 11.0. The molecule has 0 saturated heterocycles. The van der Waals surface area contributed by atoms with Gasteiger partial charge in [-0.25, -0.2) is 4.79 Å². The molecule has 0 saturated carbocycles. The van der Waals surface area contributed by atoms with Crippen molar-refractivity contribution in [2.24, 2.45) is 5.92 Å². The number of Topliss-reactive ketones (excluding diaryl/α,β-unsaturated/α-hetero) is 2. The molecule has 1 aromatic rings. The monoisotopic (exact) mass is 358 g/mol. The summed E-state index contributed by atoms with van der Waals surface area (Å²) < 4.78 is 9.18. The molecule has 25 heavy (non-hydrogen) atoms. The fourth-order valence-corrected chi connectivity index (χ4v) is 1.91. The van der Waals surface area contributed by atoms with Gasteiger partial charge in [0.15, 0.2) is 23.3 Å². The number of rotatable bonds is 2. The van der Waals surface area contributed by atoms with Gasteiger partial charge in [-0.1, -0.05) is 5.75 Å². The third kappa shape index (κ3) is 6.08. The van der Waals surface area contributed by atoms with Crippen molar-refractivity contribution in [1.82, 2.24) is 0 Å². The van der Waals surface area contributed by atoms with Gasteiger partial charge in [-0.05, 0) is 33.8 Å². The third-order valence-corrected chi connectivity index (χ3v) is 2.92. The van der Waals surface area contributed by atoms with Gasteiger partial charge in [0.05, 0.1) is 5.56 Å². The summed E-state index contributed by atoms with van der Waals surface area (Å²) in [6.07, 6.45) is 1.16. The summed E-state index contributed by atoms with van der Waals surface area (Å²) >= 11 is 0. The maximum atomic E-state index is 11.1. The Hall–Kier alpha value is -2.03. The van der Waals surface area contributed by atoms with Crippen LogP contribution in [0.25, 0.3) is 0 Å². The van der Waals surface area contributed by atoms with Gasteiger partial charge in [0.25, 0.3) is 0 Å². The van der Waals surface area contributed by atoms with Crippen LogP contribution in [0.15, 0.2) is 27.1 Å². The Balaban J connectivity index is 0.000000443. The van der Waals surface area contributed by atoms with Gasteiger partial charge in [-0.15, -0.1) is 0 Å². The average Bonchev–Trinajstić information content (AvgIpc) is 2.35. The largest absolute Gasteiger partial charge is 1.00 e. The standard InChI is InChI=1S/2C8H8O4.Na/c2*1-4-3-6(10)7(5(2)9)8(11)12-4;/h3,10H,1-2H3;3,7H,1-2H3;/q;;+1/p-1. The van der Waals surface area contributed by atoms with Crippen molar-refractivity contribution in [3.05, 3.63) is 39.6 Å². The number of allylic oxidation sites excluding steroid dienone is 2. The molecular formula is C16H15NaO8. The first-order valence-corrected chi connectivity index (χ1v) is 6.81. The van der Waals surface area contributed by atoms with Crippen LogP contribution < -0.4 is 40.3 Å². The maximum absolute atomic E-state index is 11.1. The number of carbonyl (C=O) groups is 4. The van der Waals surface area contributed by atoms with Gasteiger partial charge in [-0.2, -0.15) is 0 Å². The van der Waals surface area contributed by atoms with E-state index in [1.54, 1.807) is 0 Å². The number of aryl methyl sites for hydroxylation is 1. The van der Waals surface area contributed by atoms with Crippen LogP contribution in [-0.2, 0) is 19.1 Å². The summed E-state index contributed by atoms with van der Waals surface area (Å²) in [7, 11) is 0. The SMILES string of the molecule is CC(=O)C1C(=O)C=C(C)OC1=O.CC(=O)c1c([O-])cc(C)oc1=O.[Na+]. The van der Waals surface area contributed by atoms with Crippen molar-refractivity contribution in [3.8, 4) is 5.75 Å². The topological polar surface area (TPSA) is 131 Å². The molecule has 0 radical (unpaired) electrons. The first kappa shape index (κ1) is 23.0. The molecule has 1 aliphatic rings. The normalized spacial score (nSPS) is 15.8. The van der Waals surface area contributed by atoms with E-state index in [9.17, 15) is 29.1 Å². The van der Waals surface area contributed by atoms with E-state index in [1.165, 1.54) is 20.8 Å². The second-order valence-corrected chi connectivity index (χ2v) is 5.06. The molecular weight excluding hydrogens is 343 g/mol. The van der Waals surface area contributed by atoms with Gasteiger partial charge in [0.1, 0.15) is 11.5 Å². The molecule has 2 heterocycles. The zero-order valence-electron chi connectivity index (χ0n) is 14.5. The first-order chi connectivity index (χ1) is 11.0. The van der Waals surface area contributed by atoms with Crippen LogP contribution in [0.4, 0.5) is 0 Å². The van der Waals surface area contributed by atoms with Crippen LogP contribution in [0.1, 0.15) is 36.9 Å². The molecule has 0 bridgehead atoms. The first-order valence-electron chi connectivity index (χ1n) is 6.81. The summed E-state index contributed by atoms with van der Waals surface area (Å²) in [6, 6.07) is 1.12. The minimum atomic E-state index is -1.24. The van der Waals surface area contributed by atoms with Crippen molar-refractivity contribution in [2.45, 2.75) is 27.7 Å². The van der Waals surface area contributed by atoms with E-state index in [2.05, 4.69) is 9.15 Å². The summed E-state index contributed by atoms with van der Waals surface area (Å²) in [6.45, 7) is 5.32. The van der Waals surface area contributed by atoms with Crippen molar-refractivity contribution in [2.75, 3.05) is 0 Å². The fourth-order valence-electron chi connectivity index (χ4n) is 1.91. The molecule has 128 valence electrons. The average molecular weight is 358 g/mol. The van der Waals surface area contributed by atoms with Crippen molar-refractivity contribution >= 4 is 23.3 Å². The number of hydrogen-bond donors (Lipinski definition) is 0. The predicted octanol–water partition coefficient (Wildman–Crippen LogP) is -2.55. The number of hydrogen-bond acceptors (Lipinski definition) is 8. The van der Waals surface area contributed by atoms with Gasteiger partial charge < -0.3 is 14.3 Å². The Morgan fingerprint density at radius 2 is 1.68 bits per heavy atom. The molecule has 0 amide bonds. The smallest absolute Gasteiger partial charge is 0.872 e. The zero-order valence-corrected chi connectivity index (χ0v) is 16.5. The van der Waals surface area contributed by atoms with Crippen molar-refractivity contribution in [3.63, 3.8) is 0 Å². The molecule has 0 spiro atoms. The Bertz CT molecular complexity index is 803. The molecule has 0 aliphatic carbocycles. The van der Waals surface area contributed by atoms with E-state index < -0.39 is 46.2 Å². The molecule has 0 N–H and O–H groups in total. The molecule has 9 heteroatoms. The maximum Gasteiger partial charge on any atom is 1.00 e. The fraction of sp³-hybridized carbons (Fsp3) is 0.312. The molecule has 1 aromatic heterocycles. The van der Waals surface area contributed by atoms with Crippen LogP contribution >= 0.6 is 0 Å². The number of ether oxygens (including phenoxy) is 1. The number of esters is 1. The Labute approximate surface area is 165 Å². The predicted molar refractivity (Wildman–Crippen MR) is 78.2 cm³/mol. The number of ketones is 3. The van der Waals surface area contributed by atoms with Crippen LogP contribution in [0.2, 0.25) is 0 Å². The minimum absolute atomic E-state index is 0. The quantitative estimate of drug-likeness (QED) is 0.244.